The van der Waals surface area contributed by atoms with Crippen LogP contribution in [0.5, 0.6) is 0 Å². The smallest absolute Gasteiger partial charge is 0.326 e. The van der Waals surface area contributed by atoms with Crippen LogP contribution in [0.15, 0.2) is 24.3 Å². The molecular weight excluding hydrogens is 234 g/mol. The summed E-state index contributed by atoms with van der Waals surface area (Å²) in [6.07, 6.45) is 0.691. The molecule has 0 unspecified atom stereocenters. The molecular formula is C13H17NO4. The molecule has 1 rings (SSSR count). The molecule has 0 saturated heterocycles. The van der Waals surface area contributed by atoms with E-state index in [0.29, 0.717) is 12.0 Å². The number of benzene rings is 1. The molecule has 0 aliphatic heterocycles. The molecule has 0 spiro atoms. The van der Waals surface area contributed by atoms with Gasteiger partial charge < -0.3 is 15.5 Å². The molecule has 0 saturated carbocycles. The molecule has 1 aromatic carbocycles. The Kier molecular flexibility index (Phi) is 5.32. The first kappa shape index (κ1) is 14.2. The summed E-state index contributed by atoms with van der Waals surface area (Å²) in [7, 11) is 0. The van der Waals surface area contributed by atoms with Crippen LogP contribution in [-0.2, 0) is 11.2 Å². The van der Waals surface area contributed by atoms with Gasteiger partial charge in [0, 0.05) is 18.6 Å². The molecule has 98 valence electrons. The predicted octanol–water partition coefficient (Wildman–Crippen LogP) is 0.814. The summed E-state index contributed by atoms with van der Waals surface area (Å²) in [6.45, 7) is 1.64. The molecule has 0 aliphatic carbocycles. The number of carbonyl (C=O) groups is 2. The summed E-state index contributed by atoms with van der Waals surface area (Å²) < 4.78 is 0. The molecule has 1 atom stereocenters. The van der Waals surface area contributed by atoms with Gasteiger partial charge in [0.1, 0.15) is 6.04 Å². The molecule has 3 N–H and O–H groups in total. The fraction of sp³-hybridized carbons (Fsp3) is 0.385. The first-order chi connectivity index (χ1) is 8.60. The number of carbonyl (C=O) groups excluding carboxylic acids is 1. The van der Waals surface area contributed by atoms with Crippen molar-refractivity contribution >= 4 is 11.9 Å². The van der Waals surface area contributed by atoms with Crippen LogP contribution < -0.4 is 5.32 Å². The van der Waals surface area contributed by atoms with E-state index in [4.69, 9.17) is 10.2 Å². The summed E-state index contributed by atoms with van der Waals surface area (Å²) in [4.78, 5) is 22.8. The molecule has 1 aromatic rings. The van der Waals surface area contributed by atoms with E-state index in [9.17, 15) is 9.59 Å². The Morgan fingerprint density at radius 3 is 2.56 bits per heavy atom. The summed E-state index contributed by atoms with van der Waals surface area (Å²) in [6, 6.07) is 5.99. The van der Waals surface area contributed by atoms with Crippen molar-refractivity contribution in [3.8, 4) is 0 Å². The van der Waals surface area contributed by atoms with E-state index < -0.39 is 17.9 Å². The maximum atomic E-state index is 12.0. The third-order valence-electron chi connectivity index (χ3n) is 2.66. The molecule has 0 aromatic heterocycles. The molecule has 18 heavy (non-hydrogen) atoms. The van der Waals surface area contributed by atoms with Crippen molar-refractivity contribution in [1.82, 2.24) is 5.32 Å². The summed E-state index contributed by atoms with van der Waals surface area (Å²) in [5.41, 5.74) is 1.34. The van der Waals surface area contributed by atoms with Crippen molar-refractivity contribution in [2.24, 2.45) is 0 Å². The molecule has 0 bridgehead atoms. The lowest BCUT2D eigenvalue weighted by molar-refractivity contribution is -0.139. The maximum Gasteiger partial charge on any atom is 0.326 e. The van der Waals surface area contributed by atoms with Gasteiger partial charge >= 0.3 is 5.97 Å². The van der Waals surface area contributed by atoms with Gasteiger partial charge in [-0.2, -0.15) is 0 Å². The van der Waals surface area contributed by atoms with E-state index in [1.807, 2.05) is 19.1 Å². The van der Waals surface area contributed by atoms with Crippen molar-refractivity contribution in [1.29, 1.82) is 0 Å². The maximum absolute atomic E-state index is 12.0. The Morgan fingerprint density at radius 1 is 1.33 bits per heavy atom. The van der Waals surface area contributed by atoms with Crippen LogP contribution in [0, 0.1) is 0 Å². The lowest BCUT2D eigenvalue weighted by Gasteiger charge is -2.14. The van der Waals surface area contributed by atoms with Gasteiger partial charge in [0.05, 0.1) is 0 Å². The highest BCUT2D eigenvalue weighted by molar-refractivity contribution is 5.97. The second kappa shape index (κ2) is 6.76. The quantitative estimate of drug-likeness (QED) is 0.698. The van der Waals surface area contributed by atoms with Gasteiger partial charge in [0.15, 0.2) is 0 Å². The minimum absolute atomic E-state index is 0.00460. The number of hydrogen-bond acceptors (Lipinski definition) is 3. The van der Waals surface area contributed by atoms with Crippen LogP contribution in [0.3, 0.4) is 0 Å². The second-order valence-electron chi connectivity index (χ2n) is 3.89. The average molecular weight is 251 g/mol. The first-order valence-corrected chi connectivity index (χ1v) is 5.82. The zero-order chi connectivity index (χ0) is 13.5. The Hall–Kier alpha value is -1.88. The van der Waals surface area contributed by atoms with Gasteiger partial charge in [-0.25, -0.2) is 4.79 Å². The van der Waals surface area contributed by atoms with Crippen LogP contribution in [0.4, 0.5) is 0 Å². The average Bonchev–Trinajstić information content (AvgIpc) is 2.37. The third-order valence-corrected chi connectivity index (χ3v) is 2.66. The normalized spacial score (nSPS) is 11.9. The number of aliphatic hydroxyl groups excluding tert-OH is 1. The summed E-state index contributed by atoms with van der Waals surface area (Å²) in [5, 5.41) is 20.1. The van der Waals surface area contributed by atoms with Gasteiger partial charge in [-0.3, -0.25) is 4.79 Å². The van der Waals surface area contributed by atoms with E-state index in [1.54, 1.807) is 12.1 Å². The van der Waals surface area contributed by atoms with Crippen molar-refractivity contribution < 1.29 is 19.8 Å². The van der Waals surface area contributed by atoms with E-state index in [1.165, 1.54) is 0 Å². The van der Waals surface area contributed by atoms with E-state index in [-0.39, 0.29) is 13.0 Å². The minimum Gasteiger partial charge on any atom is -0.480 e. The number of hydrogen-bond donors (Lipinski definition) is 3. The number of amides is 1. The number of aliphatic hydroxyl groups is 1. The van der Waals surface area contributed by atoms with Gasteiger partial charge in [0.2, 0.25) is 0 Å². The predicted molar refractivity (Wildman–Crippen MR) is 66.4 cm³/mol. The highest BCUT2D eigenvalue weighted by atomic mass is 16.4. The van der Waals surface area contributed by atoms with Crippen LogP contribution in [0.2, 0.25) is 0 Å². The topological polar surface area (TPSA) is 86.6 Å². The van der Waals surface area contributed by atoms with Gasteiger partial charge in [-0.1, -0.05) is 25.1 Å². The number of nitrogens with one attached hydrogen (secondary N) is 1. The number of aryl methyl sites for hydroxylation is 1. The SMILES string of the molecule is CCc1ccccc1C(=O)N[C@@H](CCO)C(=O)O. The highest BCUT2D eigenvalue weighted by Crippen LogP contribution is 2.09. The second-order valence-corrected chi connectivity index (χ2v) is 3.89. The first-order valence-electron chi connectivity index (χ1n) is 5.82. The zero-order valence-electron chi connectivity index (χ0n) is 10.2. The third kappa shape index (κ3) is 3.56. The Morgan fingerprint density at radius 2 is 2.00 bits per heavy atom. The minimum atomic E-state index is -1.15. The Labute approximate surface area is 105 Å². The van der Waals surface area contributed by atoms with Crippen molar-refractivity contribution in [3.63, 3.8) is 0 Å². The number of carboxylic acids is 1. The molecule has 5 nitrogen and oxygen atoms in total. The highest BCUT2D eigenvalue weighted by Gasteiger charge is 2.20. The van der Waals surface area contributed by atoms with E-state index in [2.05, 4.69) is 5.32 Å². The molecule has 1 amide bonds. The Balaban J connectivity index is 2.83. The number of aliphatic carboxylic acids is 1. The van der Waals surface area contributed by atoms with Gasteiger partial charge in [0.25, 0.3) is 5.91 Å². The largest absolute Gasteiger partial charge is 0.480 e. The standard InChI is InChI=1S/C13H17NO4/c1-2-9-5-3-4-6-10(9)12(16)14-11(7-8-15)13(17)18/h3-6,11,15H,2,7-8H2,1H3,(H,14,16)(H,17,18)/t11-/m0/s1. The molecule has 0 heterocycles. The monoisotopic (exact) mass is 251 g/mol. The van der Waals surface area contributed by atoms with Gasteiger partial charge in [-0.15, -0.1) is 0 Å². The fourth-order valence-electron chi connectivity index (χ4n) is 1.67. The number of carboxylic acid groups (broad SMARTS) is 1. The van der Waals surface area contributed by atoms with Gasteiger partial charge in [-0.05, 0) is 18.1 Å². The zero-order valence-corrected chi connectivity index (χ0v) is 10.2. The molecule has 0 radical (unpaired) electrons. The van der Waals surface area contributed by atoms with Crippen LogP contribution in [0.1, 0.15) is 29.3 Å². The molecule has 0 fully saturated rings. The van der Waals surface area contributed by atoms with Crippen molar-refractivity contribution in [2.75, 3.05) is 6.61 Å². The molecule has 0 aliphatic rings. The van der Waals surface area contributed by atoms with E-state index in [0.717, 1.165) is 5.56 Å². The van der Waals surface area contributed by atoms with Crippen molar-refractivity contribution in [3.05, 3.63) is 35.4 Å². The summed E-state index contributed by atoms with van der Waals surface area (Å²) in [5.74, 6) is -1.57. The summed E-state index contributed by atoms with van der Waals surface area (Å²) >= 11 is 0. The van der Waals surface area contributed by atoms with E-state index >= 15 is 0 Å². The van der Waals surface area contributed by atoms with Crippen LogP contribution in [-0.4, -0.2) is 34.7 Å². The Bertz CT molecular complexity index is 431. The molecule has 5 heteroatoms. The fourth-order valence-corrected chi connectivity index (χ4v) is 1.67. The number of rotatable bonds is 6. The van der Waals surface area contributed by atoms with Crippen molar-refractivity contribution in [2.45, 2.75) is 25.8 Å². The lowest BCUT2D eigenvalue weighted by Crippen LogP contribution is -2.41. The van der Waals surface area contributed by atoms with Crippen LogP contribution >= 0.6 is 0 Å². The lowest BCUT2D eigenvalue weighted by atomic mass is 10.0. The van der Waals surface area contributed by atoms with Crippen LogP contribution in [0.25, 0.3) is 0 Å².